The predicted molar refractivity (Wildman–Crippen MR) is 105 cm³/mol. The largest absolute Gasteiger partial charge is 0.550 e. The molecule has 3 heteroatoms. The smallest absolute Gasteiger partial charge is 0.0577 e. The first-order valence-electron chi connectivity index (χ1n) is 11.3. The van der Waals surface area contributed by atoms with Crippen molar-refractivity contribution in [3.8, 4) is 0 Å². The molecule has 3 saturated carbocycles. The molecule has 1 N–H and O–H groups in total. The molecule has 0 spiro atoms. The Labute approximate surface area is 164 Å². The molecule has 0 bridgehead atoms. The molecular weight excluding hydrogens is 336 g/mol. The van der Waals surface area contributed by atoms with E-state index < -0.39 is 5.97 Å². The standard InChI is InChI=1S/C24H38O3/c1-15(4-9-22(26)27)19-7-8-20-18-6-5-16-14-17(25)10-12-23(16,2)21(18)11-13-24(19,20)3/h5,15,17-21,25H,4,6-14H2,1-3H3,(H,26,27)/p-1/t15-,17+,18+,19+,20-,21-,23+,24-/m1/s1. The summed E-state index contributed by atoms with van der Waals surface area (Å²) in [4.78, 5) is 10.9. The summed E-state index contributed by atoms with van der Waals surface area (Å²) in [6.07, 6.45) is 12.7. The lowest BCUT2D eigenvalue weighted by molar-refractivity contribution is -0.306. The van der Waals surface area contributed by atoms with E-state index in [0.717, 1.165) is 43.4 Å². The number of aliphatic carboxylic acids is 1. The first-order chi connectivity index (χ1) is 12.8. The average Bonchev–Trinajstić information content (AvgIpc) is 2.97. The Bertz CT molecular complexity index is 625. The van der Waals surface area contributed by atoms with Crippen LogP contribution in [-0.4, -0.2) is 17.2 Å². The molecule has 0 aromatic carbocycles. The van der Waals surface area contributed by atoms with Crippen LogP contribution in [0.15, 0.2) is 11.6 Å². The van der Waals surface area contributed by atoms with Gasteiger partial charge < -0.3 is 15.0 Å². The minimum atomic E-state index is -0.900. The van der Waals surface area contributed by atoms with E-state index in [-0.39, 0.29) is 12.5 Å². The summed E-state index contributed by atoms with van der Waals surface area (Å²) in [7, 11) is 0. The second kappa shape index (κ2) is 6.90. The van der Waals surface area contributed by atoms with Crippen LogP contribution < -0.4 is 5.11 Å². The van der Waals surface area contributed by atoms with Crippen molar-refractivity contribution in [2.45, 2.75) is 91.1 Å². The number of aliphatic hydroxyl groups excluding tert-OH is 1. The molecule has 0 aromatic heterocycles. The van der Waals surface area contributed by atoms with Crippen molar-refractivity contribution in [2.75, 3.05) is 0 Å². The van der Waals surface area contributed by atoms with Crippen molar-refractivity contribution < 1.29 is 15.0 Å². The minimum Gasteiger partial charge on any atom is -0.550 e. The number of carbonyl (C=O) groups excluding carboxylic acids is 1. The molecule has 0 heterocycles. The summed E-state index contributed by atoms with van der Waals surface area (Å²) < 4.78 is 0. The van der Waals surface area contributed by atoms with E-state index >= 15 is 0 Å². The van der Waals surface area contributed by atoms with E-state index in [9.17, 15) is 15.0 Å². The van der Waals surface area contributed by atoms with Crippen LogP contribution in [0.2, 0.25) is 0 Å². The minimum absolute atomic E-state index is 0.129. The Morgan fingerprint density at radius 2 is 2.00 bits per heavy atom. The van der Waals surface area contributed by atoms with E-state index in [2.05, 4.69) is 26.8 Å². The number of hydrogen-bond acceptors (Lipinski definition) is 3. The third-order valence-electron chi connectivity index (χ3n) is 9.64. The van der Waals surface area contributed by atoms with Gasteiger partial charge in [0.25, 0.3) is 0 Å². The van der Waals surface area contributed by atoms with Crippen LogP contribution >= 0.6 is 0 Å². The number of aliphatic hydroxyl groups is 1. The van der Waals surface area contributed by atoms with Gasteiger partial charge in [0.15, 0.2) is 0 Å². The molecule has 27 heavy (non-hydrogen) atoms. The lowest BCUT2D eigenvalue weighted by Gasteiger charge is -2.58. The van der Waals surface area contributed by atoms with Crippen molar-refractivity contribution in [1.29, 1.82) is 0 Å². The fourth-order valence-electron chi connectivity index (χ4n) is 8.16. The zero-order valence-electron chi connectivity index (χ0n) is 17.4. The second-order valence-corrected chi connectivity index (χ2v) is 10.8. The molecule has 0 unspecified atom stereocenters. The Hall–Kier alpha value is -0.830. The topological polar surface area (TPSA) is 60.4 Å². The normalized spacial score (nSPS) is 47.4. The highest BCUT2D eigenvalue weighted by Crippen LogP contribution is 2.67. The number of rotatable bonds is 4. The maximum absolute atomic E-state index is 10.9. The van der Waals surface area contributed by atoms with E-state index in [1.807, 2.05) is 0 Å². The summed E-state index contributed by atoms with van der Waals surface area (Å²) in [6, 6.07) is 0. The van der Waals surface area contributed by atoms with E-state index in [1.54, 1.807) is 5.57 Å². The Kier molecular flexibility index (Phi) is 4.98. The SMILES string of the molecule is C[C@H](CCC(=O)[O-])[C@@H]1CC[C@@H]2[C@@H]3CC=C4C[C@@H](O)CC[C@]4(C)[C@@H]3CC[C@@]21C. The third-order valence-corrected chi connectivity index (χ3v) is 9.64. The lowest BCUT2D eigenvalue weighted by atomic mass is 9.47. The van der Waals surface area contributed by atoms with Gasteiger partial charge in [0.1, 0.15) is 0 Å². The molecule has 0 radical (unpaired) electrons. The highest BCUT2D eigenvalue weighted by Gasteiger charge is 2.59. The van der Waals surface area contributed by atoms with Crippen molar-refractivity contribution in [3.63, 3.8) is 0 Å². The average molecular weight is 374 g/mol. The fraction of sp³-hybridized carbons (Fsp3) is 0.875. The number of carboxylic acids is 1. The first kappa shape index (κ1) is 19.5. The van der Waals surface area contributed by atoms with Crippen LogP contribution in [-0.2, 0) is 4.79 Å². The van der Waals surface area contributed by atoms with Crippen LogP contribution in [0.4, 0.5) is 0 Å². The zero-order valence-corrected chi connectivity index (χ0v) is 17.4. The maximum atomic E-state index is 10.9. The monoisotopic (exact) mass is 373 g/mol. The van der Waals surface area contributed by atoms with Gasteiger partial charge >= 0.3 is 0 Å². The number of carboxylic acid groups (broad SMARTS) is 1. The molecule has 152 valence electrons. The summed E-state index contributed by atoms with van der Waals surface area (Å²) >= 11 is 0. The summed E-state index contributed by atoms with van der Waals surface area (Å²) in [5.74, 6) is 2.58. The van der Waals surface area contributed by atoms with Crippen molar-refractivity contribution >= 4 is 5.97 Å². The molecule has 3 fully saturated rings. The number of hydrogen-bond donors (Lipinski definition) is 1. The van der Waals surface area contributed by atoms with Gasteiger partial charge in [0.2, 0.25) is 0 Å². The van der Waals surface area contributed by atoms with Crippen LogP contribution in [0.5, 0.6) is 0 Å². The van der Waals surface area contributed by atoms with Gasteiger partial charge in [-0.1, -0.05) is 32.4 Å². The van der Waals surface area contributed by atoms with Gasteiger partial charge in [-0.05, 0) is 105 Å². The Morgan fingerprint density at radius 1 is 1.22 bits per heavy atom. The van der Waals surface area contributed by atoms with Gasteiger partial charge in [0.05, 0.1) is 6.10 Å². The van der Waals surface area contributed by atoms with E-state index in [4.69, 9.17) is 0 Å². The molecule has 8 atom stereocenters. The van der Waals surface area contributed by atoms with Crippen LogP contribution in [0, 0.1) is 40.4 Å². The lowest BCUT2D eigenvalue weighted by Crippen LogP contribution is -2.50. The third kappa shape index (κ3) is 3.09. The quantitative estimate of drug-likeness (QED) is 0.755. The molecule has 4 aliphatic rings. The highest BCUT2D eigenvalue weighted by atomic mass is 16.4. The molecule has 4 rings (SSSR count). The van der Waals surface area contributed by atoms with Crippen molar-refractivity contribution in [3.05, 3.63) is 11.6 Å². The van der Waals surface area contributed by atoms with E-state index in [0.29, 0.717) is 22.7 Å². The van der Waals surface area contributed by atoms with Gasteiger partial charge in [-0.25, -0.2) is 0 Å². The maximum Gasteiger partial charge on any atom is 0.0577 e. The molecule has 4 aliphatic carbocycles. The second-order valence-electron chi connectivity index (χ2n) is 10.8. The summed E-state index contributed by atoms with van der Waals surface area (Å²) in [6.45, 7) is 7.28. The number of fused-ring (bicyclic) bond motifs is 5. The summed E-state index contributed by atoms with van der Waals surface area (Å²) in [5.41, 5.74) is 2.23. The van der Waals surface area contributed by atoms with Gasteiger partial charge in [-0.2, -0.15) is 0 Å². The molecule has 0 aliphatic heterocycles. The highest BCUT2D eigenvalue weighted by molar-refractivity contribution is 5.64. The van der Waals surface area contributed by atoms with Crippen molar-refractivity contribution in [1.82, 2.24) is 0 Å². The Morgan fingerprint density at radius 3 is 2.74 bits per heavy atom. The first-order valence-corrected chi connectivity index (χ1v) is 11.3. The van der Waals surface area contributed by atoms with E-state index in [1.165, 1.54) is 32.1 Å². The summed E-state index contributed by atoms with van der Waals surface area (Å²) in [5, 5.41) is 21.1. The van der Waals surface area contributed by atoms with Gasteiger partial charge in [-0.3, -0.25) is 0 Å². The molecular formula is C24H37O3-. The number of allylic oxidation sites excluding steroid dienone is 1. The van der Waals surface area contributed by atoms with Gasteiger partial charge in [0, 0.05) is 5.97 Å². The van der Waals surface area contributed by atoms with Crippen LogP contribution in [0.25, 0.3) is 0 Å². The van der Waals surface area contributed by atoms with Crippen molar-refractivity contribution in [2.24, 2.45) is 40.4 Å². The number of carbonyl (C=O) groups is 1. The predicted octanol–water partition coefficient (Wildman–Crippen LogP) is 4.09. The molecule has 3 nitrogen and oxygen atoms in total. The zero-order chi connectivity index (χ0) is 19.4. The molecule has 0 saturated heterocycles. The van der Waals surface area contributed by atoms with Crippen LogP contribution in [0.3, 0.4) is 0 Å². The van der Waals surface area contributed by atoms with Crippen LogP contribution in [0.1, 0.15) is 85.0 Å². The van der Waals surface area contributed by atoms with Gasteiger partial charge in [-0.15, -0.1) is 0 Å². The Balaban J connectivity index is 1.54. The molecule has 0 aromatic rings. The molecule has 0 amide bonds. The fourth-order valence-corrected chi connectivity index (χ4v) is 8.16.